The lowest BCUT2D eigenvalue weighted by Crippen LogP contribution is -2.33. The number of likely N-dealkylation sites (tertiary alicyclic amines) is 1. The van der Waals surface area contributed by atoms with E-state index in [9.17, 15) is 4.79 Å². The van der Waals surface area contributed by atoms with Gasteiger partial charge in [-0.1, -0.05) is 0 Å². The van der Waals surface area contributed by atoms with Gasteiger partial charge in [-0.15, -0.1) is 11.3 Å². The van der Waals surface area contributed by atoms with E-state index in [1.165, 1.54) is 5.01 Å². The Hall–Kier alpha value is -0.940. The highest BCUT2D eigenvalue weighted by atomic mass is 32.1. The fraction of sp³-hybridized carbons (Fsp3) is 0.667. The van der Waals surface area contributed by atoms with Crippen LogP contribution in [-0.2, 0) is 11.3 Å². The van der Waals surface area contributed by atoms with Crippen LogP contribution in [0, 0.1) is 12.8 Å². The molecular formula is C12H18N2O2S. The molecule has 2 heterocycles. The second-order valence-electron chi connectivity index (χ2n) is 4.70. The first kappa shape index (κ1) is 12.5. The molecule has 0 saturated carbocycles. The number of aliphatic carboxylic acids is 1. The van der Waals surface area contributed by atoms with Crippen LogP contribution < -0.4 is 0 Å². The number of carboxylic acid groups (broad SMARTS) is 1. The van der Waals surface area contributed by atoms with Crippen molar-refractivity contribution < 1.29 is 9.90 Å². The number of carboxylic acids is 1. The second-order valence-corrected chi connectivity index (χ2v) is 5.64. The summed E-state index contributed by atoms with van der Waals surface area (Å²) in [7, 11) is 0. The summed E-state index contributed by atoms with van der Waals surface area (Å²) in [5.74, 6) is -0.305. The number of carbonyl (C=O) groups is 1. The number of hydrogen-bond acceptors (Lipinski definition) is 4. The van der Waals surface area contributed by atoms with Gasteiger partial charge in [-0.3, -0.25) is 9.69 Å². The molecule has 4 nitrogen and oxygen atoms in total. The Balaban J connectivity index is 1.77. The third-order valence-electron chi connectivity index (χ3n) is 3.20. The van der Waals surface area contributed by atoms with Crippen molar-refractivity contribution in [3.8, 4) is 0 Å². The maximum atomic E-state index is 10.6. The number of aromatic nitrogens is 1. The number of nitrogens with zero attached hydrogens (tertiary/aromatic N) is 2. The first-order valence-electron chi connectivity index (χ1n) is 5.98. The molecule has 94 valence electrons. The second kappa shape index (κ2) is 5.60. The third kappa shape index (κ3) is 3.78. The van der Waals surface area contributed by atoms with Gasteiger partial charge in [0.05, 0.1) is 6.54 Å². The maximum Gasteiger partial charge on any atom is 0.303 e. The number of thiazole rings is 1. The van der Waals surface area contributed by atoms with Crippen molar-refractivity contribution in [3.63, 3.8) is 0 Å². The smallest absolute Gasteiger partial charge is 0.303 e. The molecule has 2 rings (SSSR count). The Bertz CT molecular complexity index is 384. The molecule has 17 heavy (non-hydrogen) atoms. The topological polar surface area (TPSA) is 53.4 Å². The Morgan fingerprint density at radius 3 is 2.82 bits per heavy atom. The standard InChI is InChI=1S/C12H18N2O2S/c1-9-8-17-11(13-9)7-14-4-2-10(3-5-14)6-12(15)16/h8,10H,2-7H2,1H3,(H,15,16). The van der Waals surface area contributed by atoms with Crippen molar-refractivity contribution in [2.75, 3.05) is 13.1 Å². The zero-order valence-electron chi connectivity index (χ0n) is 10.1. The van der Waals surface area contributed by atoms with Crippen LogP contribution in [-0.4, -0.2) is 34.0 Å². The van der Waals surface area contributed by atoms with E-state index in [1.54, 1.807) is 11.3 Å². The summed E-state index contributed by atoms with van der Waals surface area (Å²) in [6.07, 6.45) is 2.32. The highest BCUT2D eigenvalue weighted by molar-refractivity contribution is 7.09. The van der Waals surface area contributed by atoms with Crippen LogP contribution in [0.1, 0.15) is 30.0 Å². The fourth-order valence-electron chi connectivity index (χ4n) is 2.26. The van der Waals surface area contributed by atoms with Gasteiger partial charge in [0.15, 0.2) is 0 Å². The number of hydrogen-bond donors (Lipinski definition) is 1. The molecule has 0 spiro atoms. The molecule has 0 amide bonds. The zero-order valence-corrected chi connectivity index (χ0v) is 10.9. The minimum Gasteiger partial charge on any atom is -0.481 e. The van der Waals surface area contributed by atoms with Gasteiger partial charge in [0.2, 0.25) is 0 Å². The molecule has 0 bridgehead atoms. The van der Waals surface area contributed by atoms with E-state index in [-0.39, 0.29) is 0 Å². The van der Waals surface area contributed by atoms with E-state index >= 15 is 0 Å². The molecule has 1 fully saturated rings. The molecule has 0 atom stereocenters. The summed E-state index contributed by atoms with van der Waals surface area (Å²) < 4.78 is 0. The van der Waals surface area contributed by atoms with Crippen molar-refractivity contribution in [2.24, 2.45) is 5.92 Å². The molecule has 0 aromatic carbocycles. The first-order valence-corrected chi connectivity index (χ1v) is 6.86. The van der Waals surface area contributed by atoms with E-state index in [1.807, 2.05) is 6.92 Å². The highest BCUT2D eigenvalue weighted by Gasteiger charge is 2.21. The molecule has 0 radical (unpaired) electrons. The van der Waals surface area contributed by atoms with E-state index < -0.39 is 5.97 Å². The molecule has 1 N–H and O–H groups in total. The summed E-state index contributed by atoms with van der Waals surface area (Å²) in [4.78, 5) is 17.4. The Kier molecular flexibility index (Phi) is 4.12. The number of aryl methyl sites for hydroxylation is 1. The van der Waals surface area contributed by atoms with Gasteiger partial charge in [-0.2, -0.15) is 0 Å². The fourth-order valence-corrected chi connectivity index (χ4v) is 3.08. The van der Waals surface area contributed by atoms with Gasteiger partial charge in [-0.25, -0.2) is 4.98 Å². The largest absolute Gasteiger partial charge is 0.481 e. The van der Waals surface area contributed by atoms with Gasteiger partial charge in [0.1, 0.15) is 5.01 Å². The van der Waals surface area contributed by atoms with Gasteiger partial charge in [-0.05, 0) is 38.8 Å². The van der Waals surface area contributed by atoms with Gasteiger partial charge in [0, 0.05) is 17.5 Å². The first-order chi connectivity index (χ1) is 8.13. The molecule has 1 saturated heterocycles. The number of piperidine rings is 1. The van der Waals surface area contributed by atoms with Crippen LogP contribution in [0.5, 0.6) is 0 Å². The summed E-state index contributed by atoms with van der Waals surface area (Å²) in [6.45, 7) is 4.92. The average Bonchev–Trinajstić information content (AvgIpc) is 2.66. The SMILES string of the molecule is Cc1csc(CN2CCC(CC(=O)O)CC2)n1. The van der Waals surface area contributed by atoms with Crippen LogP contribution >= 0.6 is 11.3 Å². The van der Waals surface area contributed by atoms with Crippen molar-refractivity contribution in [1.82, 2.24) is 9.88 Å². The lowest BCUT2D eigenvalue weighted by Gasteiger charge is -2.30. The van der Waals surface area contributed by atoms with E-state index in [2.05, 4.69) is 15.3 Å². The molecule has 5 heteroatoms. The molecular weight excluding hydrogens is 236 g/mol. The van der Waals surface area contributed by atoms with Gasteiger partial charge >= 0.3 is 5.97 Å². The normalized spacial score (nSPS) is 18.4. The van der Waals surface area contributed by atoms with E-state index in [4.69, 9.17) is 5.11 Å². The van der Waals surface area contributed by atoms with Gasteiger partial charge < -0.3 is 5.11 Å². The molecule has 1 aromatic heterocycles. The quantitative estimate of drug-likeness (QED) is 0.894. The highest BCUT2D eigenvalue weighted by Crippen LogP contribution is 2.22. The summed E-state index contributed by atoms with van der Waals surface area (Å²) in [6, 6.07) is 0. The lowest BCUT2D eigenvalue weighted by molar-refractivity contribution is -0.138. The lowest BCUT2D eigenvalue weighted by atomic mass is 9.94. The maximum absolute atomic E-state index is 10.6. The van der Waals surface area contributed by atoms with Crippen molar-refractivity contribution in [1.29, 1.82) is 0 Å². The Labute approximate surface area is 105 Å². The molecule has 1 aromatic rings. The van der Waals surface area contributed by atoms with Crippen LogP contribution in [0.3, 0.4) is 0 Å². The molecule has 1 aliphatic rings. The summed E-state index contributed by atoms with van der Waals surface area (Å²) in [5, 5.41) is 12.0. The van der Waals surface area contributed by atoms with E-state index in [0.717, 1.165) is 38.2 Å². The zero-order chi connectivity index (χ0) is 12.3. The Morgan fingerprint density at radius 1 is 1.59 bits per heavy atom. The minimum absolute atomic E-state index is 0.324. The summed E-state index contributed by atoms with van der Waals surface area (Å²) >= 11 is 1.71. The van der Waals surface area contributed by atoms with Crippen LogP contribution in [0.25, 0.3) is 0 Å². The third-order valence-corrected chi connectivity index (χ3v) is 4.15. The van der Waals surface area contributed by atoms with Crippen molar-refractivity contribution >= 4 is 17.3 Å². The van der Waals surface area contributed by atoms with Crippen molar-refractivity contribution in [3.05, 3.63) is 16.1 Å². The predicted octanol–water partition coefficient (Wildman–Crippen LogP) is 2.14. The van der Waals surface area contributed by atoms with Crippen LogP contribution in [0.2, 0.25) is 0 Å². The molecule has 0 unspecified atom stereocenters. The number of rotatable bonds is 4. The van der Waals surface area contributed by atoms with Crippen LogP contribution in [0.15, 0.2) is 5.38 Å². The minimum atomic E-state index is -0.668. The monoisotopic (exact) mass is 254 g/mol. The average molecular weight is 254 g/mol. The summed E-state index contributed by atoms with van der Waals surface area (Å²) in [5.41, 5.74) is 1.09. The van der Waals surface area contributed by atoms with Gasteiger partial charge in [0.25, 0.3) is 0 Å². The van der Waals surface area contributed by atoms with Crippen LogP contribution in [0.4, 0.5) is 0 Å². The van der Waals surface area contributed by atoms with Crippen molar-refractivity contribution in [2.45, 2.75) is 32.7 Å². The molecule has 1 aliphatic heterocycles. The van der Waals surface area contributed by atoms with E-state index in [0.29, 0.717) is 12.3 Å². The Morgan fingerprint density at radius 2 is 2.29 bits per heavy atom. The molecule has 0 aliphatic carbocycles. The predicted molar refractivity (Wildman–Crippen MR) is 67.1 cm³/mol.